The summed E-state index contributed by atoms with van der Waals surface area (Å²) in [6.07, 6.45) is 0. The molecule has 184 valence electrons. The van der Waals surface area contributed by atoms with Crippen molar-refractivity contribution >= 4 is 28.0 Å². The van der Waals surface area contributed by atoms with Crippen LogP contribution in [0.4, 0.5) is 4.39 Å². The smallest absolute Gasteiger partial charge is 0.328 e. The molecule has 0 aliphatic carbocycles. The van der Waals surface area contributed by atoms with E-state index < -0.39 is 11.7 Å². The summed E-state index contributed by atoms with van der Waals surface area (Å²) < 4.78 is 20.0. The van der Waals surface area contributed by atoms with E-state index in [0.717, 1.165) is 39.1 Å². The molecule has 0 saturated heterocycles. The molecule has 1 amide bonds. The van der Waals surface area contributed by atoms with E-state index in [1.54, 1.807) is 29.3 Å². The molecule has 0 bridgehead atoms. The molecule has 0 aliphatic rings. The molecular weight excluding hydrogens is 457 g/mol. The molecule has 1 N–H and O–H groups in total. The van der Waals surface area contributed by atoms with Crippen molar-refractivity contribution in [1.29, 1.82) is 0 Å². The summed E-state index contributed by atoms with van der Waals surface area (Å²) in [6, 6.07) is 16.4. The van der Waals surface area contributed by atoms with Crippen LogP contribution in [-0.2, 0) is 19.5 Å². The Bertz CT molecular complexity index is 1730. The van der Waals surface area contributed by atoms with Crippen LogP contribution < -0.4 is 11.0 Å². The van der Waals surface area contributed by atoms with Crippen LogP contribution in [0.2, 0.25) is 0 Å². The van der Waals surface area contributed by atoms with Gasteiger partial charge in [0, 0.05) is 32.2 Å². The summed E-state index contributed by atoms with van der Waals surface area (Å²) in [7, 11) is 5.01. The van der Waals surface area contributed by atoms with E-state index in [4.69, 9.17) is 4.98 Å². The zero-order valence-electron chi connectivity index (χ0n) is 21.2. The van der Waals surface area contributed by atoms with Gasteiger partial charge in [-0.05, 0) is 53.6 Å². The van der Waals surface area contributed by atoms with Crippen LogP contribution in [-0.4, -0.2) is 31.6 Å². The Morgan fingerprint density at radius 3 is 2.19 bits per heavy atom. The Morgan fingerprint density at radius 1 is 0.889 bits per heavy atom. The highest BCUT2D eigenvalue weighted by atomic mass is 19.1. The third-order valence-corrected chi connectivity index (χ3v) is 6.61. The monoisotopic (exact) mass is 485 g/mol. The summed E-state index contributed by atoms with van der Waals surface area (Å²) in [5, 5.41) is 2.45. The van der Waals surface area contributed by atoms with Crippen LogP contribution >= 0.6 is 0 Å². The molecule has 8 heteroatoms. The van der Waals surface area contributed by atoms with E-state index in [-0.39, 0.29) is 16.7 Å². The molecule has 0 spiro atoms. The Balaban J connectivity index is 1.70. The zero-order chi connectivity index (χ0) is 25.9. The second-order valence-corrected chi connectivity index (χ2v) is 10.1. The minimum absolute atomic E-state index is 0.00679. The third kappa shape index (κ3) is 3.61. The number of benzene rings is 3. The molecule has 7 nitrogen and oxygen atoms in total. The molecule has 0 aliphatic heterocycles. The first kappa shape index (κ1) is 23.5. The van der Waals surface area contributed by atoms with Crippen molar-refractivity contribution in [2.24, 2.45) is 14.1 Å². The van der Waals surface area contributed by atoms with Gasteiger partial charge in [0.1, 0.15) is 11.6 Å². The van der Waals surface area contributed by atoms with Crippen molar-refractivity contribution in [3.8, 4) is 16.8 Å². The van der Waals surface area contributed by atoms with E-state index in [0.29, 0.717) is 5.56 Å². The number of carbonyl (C=O) groups is 1. The first-order valence-electron chi connectivity index (χ1n) is 11.7. The summed E-state index contributed by atoms with van der Waals surface area (Å²) in [4.78, 5) is 29.3. The molecule has 2 aromatic heterocycles. The van der Waals surface area contributed by atoms with Crippen LogP contribution in [0.25, 0.3) is 38.9 Å². The molecule has 0 atom stereocenters. The topological polar surface area (TPSA) is 73.8 Å². The molecule has 5 rings (SSSR count). The summed E-state index contributed by atoms with van der Waals surface area (Å²) in [5.74, 6) is -0.165. The van der Waals surface area contributed by atoms with Gasteiger partial charge in [-0.15, -0.1) is 0 Å². The lowest BCUT2D eigenvalue weighted by molar-refractivity contribution is 0.0959. The van der Waals surface area contributed by atoms with Crippen molar-refractivity contribution < 1.29 is 9.18 Å². The first-order valence-corrected chi connectivity index (χ1v) is 11.7. The van der Waals surface area contributed by atoms with Gasteiger partial charge >= 0.3 is 5.69 Å². The number of fused-ring (bicyclic) bond motifs is 2. The van der Waals surface area contributed by atoms with Crippen LogP contribution in [0.3, 0.4) is 0 Å². The van der Waals surface area contributed by atoms with Crippen LogP contribution in [0.1, 0.15) is 37.0 Å². The van der Waals surface area contributed by atoms with E-state index in [1.807, 2.05) is 36.4 Å². The SMILES string of the molecule is CNC(=O)c1ccc(-c2ccc3c(c2)nc(C(C)(C)C)n3-c2ccc3c(c2)n(C)c(=O)n3C)cc1F. The van der Waals surface area contributed by atoms with Gasteiger partial charge in [0.2, 0.25) is 0 Å². The third-order valence-electron chi connectivity index (χ3n) is 6.61. The van der Waals surface area contributed by atoms with E-state index in [2.05, 4.69) is 30.7 Å². The van der Waals surface area contributed by atoms with Gasteiger partial charge in [0.15, 0.2) is 0 Å². The van der Waals surface area contributed by atoms with E-state index in [1.165, 1.54) is 19.2 Å². The number of imidazole rings is 2. The number of halogens is 1. The maximum atomic E-state index is 14.6. The standard InChI is InChI=1S/C28H28FN5O2/c1-28(2,3)26-31-21-14-17(16-7-10-19(20(29)13-16)25(35)30-4)8-11-22(21)34(26)18-9-12-23-24(15-18)33(6)27(36)32(23)5/h7-15H,1-6H3,(H,30,35). The van der Waals surface area contributed by atoms with Gasteiger partial charge in [0.05, 0.1) is 27.6 Å². The van der Waals surface area contributed by atoms with Crippen molar-refractivity contribution in [2.45, 2.75) is 26.2 Å². The fraction of sp³-hybridized carbons (Fsp3) is 0.250. The number of hydrogen-bond acceptors (Lipinski definition) is 3. The Labute approximate surface area is 207 Å². The number of amides is 1. The summed E-state index contributed by atoms with van der Waals surface area (Å²) in [5.41, 5.74) is 5.41. The average Bonchev–Trinajstić information content (AvgIpc) is 3.34. The lowest BCUT2D eigenvalue weighted by Crippen LogP contribution is -2.19. The Morgan fingerprint density at radius 2 is 1.53 bits per heavy atom. The maximum absolute atomic E-state index is 14.6. The predicted octanol–water partition coefficient (Wildman–Crippen LogP) is 4.68. The van der Waals surface area contributed by atoms with Gasteiger partial charge in [0.25, 0.3) is 5.91 Å². The fourth-order valence-electron chi connectivity index (χ4n) is 4.67. The van der Waals surface area contributed by atoms with Crippen LogP contribution in [0, 0.1) is 5.82 Å². The normalized spacial score (nSPS) is 12.0. The maximum Gasteiger partial charge on any atom is 0.328 e. The predicted molar refractivity (Wildman–Crippen MR) is 140 cm³/mol. The van der Waals surface area contributed by atoms with Crippen LogP contribution in [0.15, 0.2) is 59.4 Å². The highest BCUT2D eigenvalue weighted by molar-refractivity contribution is 5.95. The number of aromatic nitrogens is 4. The van der Waals surface area contributed by atoms with Crippen molar-refractivity contribution in [1.82, 2.24) is 24.0 Å². The minimum atomic E-state index is -0.574. The average molecular weight is 486 g/mol. The lowest BCUT2D eigenvalue weighted by Gasteiger charge is -2.20. The lowest BCUT2D eigenvalue weighted by atomic mass is 9.95. The van der Waals surface area contributed by atoms with Crippen molar-refractivity contribution in [3.05, 3.63) is 82.3 Å². The number of nitrogens with one attached hydrogen (secondary N) is 1. The molecule has 3 aromatic carbocycles. The molecule has 0 fully saturated rings. The summed E-state index contributed by atoms with van der Waals surface area (Å²) in [6.45, 7) is 6.32. The molecule has 0 saturated carbocycles. The van der Waals surface area contributed by atoms with Crippen molar-refractivity contribution in [3.63, 3.8) is 0 Å². The number of aryl methyl sites for hydroxylation is 2. The molecular formula is C28H28FN5O2. The highest BCUT2D eigenvalue weighted by Gasteiger charge is 2.25. The van der Waals surface area contributed by atoms with Gasteiger partial charge in [-0.1, -0.05) is 32.9 Å². The van der Waals surface area contributed by atoms with Gasteiger partial charge < -0.3 is 5.32 Å². The van der Waals surface area contributed by atoms with Crippen LogP contribution in [0.5, 0.6) is 0 Å². The molecule has 0 unspecified atom stereocenters. The van der Waals surface area contributed by atoms with E-state index >= 15 is 0 Å². The fourth-order valence-corrected chi connectivity index (χ4v) is 4.67. The van der Waals surface area contributed by atoms with Gasteiger partial charge in [-0.3, -0.25) is 18.5 Å². The minimum Gasteiger partial charge on any atom is -0.355 e. The molecule has 36 heavy (non-hydrogen) atoms. The number of nitrogens with zero attached hydrogens (tertiary/aromatic N) is 4. The first-order chi connectivity index (χ1) is 17.0. The van der Waals surface area contributed by atoms with Crippen molar-refractivity contribution in [2.75, 3.05) is 7.05 Å². The quantitative estimate of drug-likeness (QED) is 0.403. The number of carbonyl (C=O) groups excluding carboxylic acids is 1. The molecule has 5 aromatic rings. The van der Waals surface area contributed by atoms with E-state index in [9.17, 15) is 14.0 Å². The molecule has 0 radical (unpaired) electrons. The number of hydrogen-bond donors (Lipinski definition) is 1. The second-order valence-electron chi connectivity index (χ2n) is 10.1. The highest BCUT2D eigenvalue weighted by Crippen LogP contribution is 2.33. The number of rotatable bonds is 3. The van der Waals surface area contributed by atoms with Gasteiger partial charge in [-0.25, -0.2) is 14.2 Å². The van der Waals surface area contributed by atoms with Gasteiger partial charge in [-0.2, -0.15) is 0 Å². The zero-order valence-corrected chi connectivity index (χ0v) is 21.2. The Hall–Kier alpha value is -4.20. The second kappa shape index (κ2) is 8.19. The largest absolute Gasteiger partial charge is 0.355 e. The molecule has 2 heterocycles. The Kier molecular flexibility index (Phi) is 5.35. The summed E-state index contributed by atoms with van der Waals surface area (Å²) >= 11 is 0.